The molecule has 0 amide bonds. The maximum Gasteiger partial charge on any atom is 0.360 e. The molecule has 0 aliphatic heterocycles. The number of carbonyl (C=O) groups is 1. The van der Waals surface area contributed by atoms with Crippen molar-refractivity contribution in [1.29, 1.82) is 0 Å². The summed E-state index contributed by atoms with van der Waals surface area (Å²) in [6, 6.07) is 3.86. The molecule has 0 aliphatic rings. The standard InChI is InChI=1S/C13H15ClN4O2/c1-2-20-13(19)12-11(8-14)18(17-16-12)7-5-10-4-3-6-15-9-10/h3-4,6,9H,2,5,7-8H2,1H3. The molecule has 20 heavy (non-hydrogen) atoms. The molecule has 0 aromatic carbocycles. The number of ether oxygens (including phenoxy) is 1. The van der Waals surface area contributed by atoms with Crippen molar-refractivity contribution in [3.63, 3.8) is 0 Å². The van der Waals surface area contributed by atoms with E-state index >= 15 is 0 Å². The Labute approximate surface area is 121 Å². The van der Waals surface area contributed by atoms with E-state index in [1.54, 1.807) is 24.0 Å². The molecule has 6 nitrogen and oxygen atoms in total. The van der Waals surface area contributed by atoms with E-state index in [0.717, 1.165) is 12.0 Å². The zero-order valence-corrected chi connectivity index (χ0v) is 11.9. The summed E-state index contributed by atoms with van der Waals surface area (Å²) >= 11 is 5.88. The minimum absolute atomic E-state index is 0.161. The molecule has 0 spiro atoms. The average Bonchev–Trinajstić information content (AvgIpc) is 2.89. The van der Waals surface area contributed by atoms with Crippen molar-refractivity contribution >= 4 is 17.6 Å². The van der Waals surface area contributed by atoms with Gasteiger partial charge in [0.1, 0.15) is 0 Å². The van der Waals surface area contributed by atoms with Crippen LogP contribution in [0.2, 0.25) is 0 Å². The molecule has 2 rings (SSSR count). The lowest BCUT2D eigenvalue weighted by molar-refractivity contribution is 0.0518. The first-order valence-corrected chi connectivity index (χ1v) is 6.84. The molecule has 0 unspecified atom stereocenters. The van der Waals surface area contributed by atoms with Gasteiger partial charge in [-0.15, -0.1) is 16.7 Å². The molecule has 0 fully saturated rings. The Morgan fingerprint density at radius 1 is 1.50 bits per heavy atom. The Morgan fingerprint density at radius 2 is 2.35 bits per heavy atom. The Kier molecular flexibility index (Phi) is 5.06. The first-order chi connectivity index (χ1) is 9.76. The second-order valence-corrected chi connectivity index (χ2v) is 4.34. The van der Waals surface area contributed by atoms with Crippen LogP contribution in [0.15, 0.2) is 24.5 Å². The molecule has 2 aromatic rings. The van der Waals surface area contributed by atoms with Crippen molar-refractivity contribution in [3.05, 3.63) is 41.5 Å². The molecule has 0 saturated carbocycles. The van der Waals surface area contributed by atoms with Crippen LogP contribution >= 0.6 is 11.6 Å². The van der Waals surface area contributed by atoms with Crippen LogP contribution in [-0.2, 0) is 23.6 Å². The van der Waals surface area contributed by atoms with E-state index < -0.39 is 5.97 Å². The van der Waals surface area contributed by atoms with E-state index in [9.17, 15) is 4.79 Å². The van der Waals surface area contributed by atoms with E-state index in [-0.39, 0.29) is 11.6 Å². The third-order valence-corrected chi connectivity index (χ3v) is 3.02. The molecule has 0 aliphatic carbocycles. The largest absolute Gasteiger partial charge is 0.461 e. The van der Waals surface area contributed by atoms with Gasteiger partial charge in [0.15, 0.2) is 5.69 Å². The highest BCUT2D eigenvalue weighted by Crippen LogP contribution is 2.11. The fourth-order valence-corrected chi connectivity index (χ4v) is 2.05. The van der Waals surface area contributed by atoms with E-state index in [1.165, 1.54) is 0 Å². The number of rotatable bonds is 6. The van der Waals surface area contributed by atoms with Crippen LogP contribution in [0.4, 0.5) is 0 Å². The van der Waals surface area contributed by atoms with Gasteiger partial charge < -0.3 is 4.74 Å². The maximum atomic E-state index is 11.7. The van der Waals surface area contributed by atoms with Crippen LogP contribution < -0.4 is 0 Å². The van der Waals surface area contributed by atoms with Crippen molar-refractivity contribution in [2.75, 3.05) is 6.61 Å². The Balaban J connectivity index is 2.10. The summed E-state index contributed by atoms with van der Waals surface area (Å²) in [5.41, 5.74) is 1.85. The molecular weight excluding hydrogens is 280 g/mol. The smallest absolute Gasteiger partial charge is 0.360 e. The van der Waals surface area contributed by atoms with E-state index in [0.29, 0.717) is 18.8 Å². The van der Waals surface area contributed by atoms with Gasteiger partial charge in [-0.2, -0.15) is 0 Å². The van der Waals surface area contributed by atoms with Gasteiger partial charge in [0, 0.05) is 18.9 Å². The highest BCUT2D eigenvalue weighted by atomic mass is 35.5. The second kappa shape index (κ2) is 7.00. The molecule has 0 saturated heterocycles. The molecule has 2 heterocycles. The number of carbonyl (C=O) groups excluding carboxylic acids is 1. The minimum Gasteiger partial charge on any atom is -0.461 e. The molecule has 0 radical (unpaired) electrons. The number of halogens is 1. The van der Waals surface area contributed by atoms with Gasteiger partial charge in [0.05, 0.1) is 18.2 Å². The number of pyridine rings is 1. The van der Waals surface area contributed by atoms with E-state index in [4.69, 9.17) is 16.3 Å². The second-order valence-electron chi connectivity index (χ2n) is 4.07. The predicted molar refractivity (Wildman–Crippen MR) is 73.5 cm³/mol. The lowest BCUT2D eigenvalue weighted by atomic mass is 10.2. The summed E-state index contributed by atoms with van der Waals surface area (Å²) in [4.78, 5) is 15.8. The van der Waals surface area contributed by atoms with E-state index in [2.05, 4.69) is 15.3 Å². The summed E-state index contributed by atoms with van der Waals surface area (Å²) < 4.78 is 6.55. The Hall–Kier alpha value is -1.95. The molecule has 106 valence electrons. The van der Waals surface area contributed by atoms with Crippen LogP contribution in [0.3, 0.4) is 0 Å². The summed E-state index contributed by atoms with van der Waals surface area (Å²) in [5, 5.41) is 7.82. The number of nitrogens with zero attached hydrogens (tertiary/aromatic N) is 4. The normalized spacial score (nSPS) is 10.5. The predicted octanol–water partition coefficient (Wildman–Crippen LogP) is 1.83. The van der Waals surface area contributed by atoms with Gasteiger partial charge in [-0.1, -0.05) is 11.3 Å². The van der Waals surface area contributed by atoms with Gasteiger partial charge in [-0.05, 0) is 25.0 Å². The molecule has 0 N–H and O–H groups in total. The summed E-state index contributed by atoms with van der Waals surface area (Å²) in [5.74, 6) is -0.329. The summed E-state index contributed by atoms with van der Waals surface area (Å²) in [7, 11) is 0. The third kappa shape index (κ3) is 3.33. The SMILES string of the molecule is CCOC(=O)c1nnn(CCc2cccnc2)c1CCl. The van der Waals surface area contributed by atoms with Gasteiger partial charge in [0.25, 0.3) is 0 Å². The first-order valence-electron chi connectivity index (χ1n) is 6.30. The van der Waals surface area contributed by atoms with Crippen LogP contribution in [-0.4, -0.2) is 32.6 Å². The Bertz CT molecular complexity index is 571. The van der Waals surface area contributed by atoms with Crippen LogP contribution in [0, 0.1) is 0 Å². The van der Waals surface area contributed by atoms with Gasteiger partial charge in [-0.3, -0.25) is 4.98 Å². The fraction of sp³-hybridized carbons (Fsp3) is 0.385. The molecule has 0 atom stereocenters. The molecule has 2 aromatic heterocycles. The third-order valence-electron chi connectivity index (χ3n) is 2.77. The number of alkyl halides is 1. The van der Waals surface area contributed by atoms with Crippen molar-refractivity contribution < 1.29 is 9.53 Å². The molecule has 7 heteroatoms. The van der Waals surface area contributed by atoms with Crippen LogP contribution in [0.1, 0.15) is 28.7 Å². The van der Waals surface area contributed by atoms with Crippen LogP contribution in [0.5, 0.6) is 0 Å². The molecule has 0 bridgehead atoms. The average molecular weight is 295 g/mol. The number of hydrogen-bond donors (Lipinski definition) is 0. The topological polar surface area (TPSA) is 69.9 Å². The summed E-state index contributed by atoms with van der Waals surface area (Å²) in [6.07, 6.45) is 4.26. The van der Waals surface area contributed by atoms with Crippen molar-refractivity contribution in [3.8, 4) is 0 Å². The summed E-state index contributed by atoms with van der Waals surface area (Å²) in [6.45, 7) is 2.62. The quantitative estimate of drug-likeness (QED) is 0.600. The molecular formula is C13H15ClN4O2. The lowest BCUT2D eigenvalue weighted by Gasteiger charge is -2.05. The van der Waals surface area contributed by atoms with Crippen molar-refractivity contribution in [2.45, 2.75) is 25.8 Å². The zero-order chi connectivity index (χ0) is 14.4. The first kappa shape index (κ1) is 14.5. The lowest BCUT2D eigenvalue weighted by Crippen LogP contribution is -2.11. The number of hydrogen-bond acceptors (Lipinski definition) is 5. The van der Waals surface area contributed by atoms with Crippen LogP contribution in [0.25, 0.3) is 0 Å². The minimum atomic E-state index is -0.490. The van der Waals surface area contributed by atoms with Crippen molar-refractivity contribution in [2.24, 2.45) is 0 Å². The Morgan fingerprint density at radius 3 is 3.00 bits per heavy atom. The maximum absolute atomic E-state index is 11.7. The highest BCUT2D eigenvalue weighted by molar-refractivity contribution is 6.17. The number of esters is 1. The monoisotopic (exact) mass is 294 g/mol. The highest BCUT2D eigenvalue weighted by Gasteiger charge is 2.19. The fourth-order valence-electron chi connectivity index (χ4n) is 1.78. The van der Waals surface area contributed by atoms with Gasteiger partial charge in [0.2, 0.25) is 0 Å². The van der Waals surface area contributed by atoms with Gasteiger partial charge in [-0.25, -0.2) is 9.48 Å². The van der Waals surface area contributed by atoms with Crippen molar-refractivity contribution in [1.82, 2.24) is 20.0 Å². The van der Waals surface area contributed by atoms with Gasteiger partial charge >= 0.3 is 5.97 Å². The number of aryl methyl sites for hydroxylation is 2. The zero-order valence-electron chi connectivity index (χ0n) is 11.1. The number of aromatic nitrogens is 4. The van der Waals surface area contributed by atoms with E-state index in [1.807, 2.05) is 12.1 Å².